The number of nitrogens with one attached hydrogen (secondary N) is 2. The van der Waals surface area contributed by atoms with Gasteiger partial charge in [-0.25, -0.2) is 9.78 Å². The summed E-state index contributed by atoms with van der Waals surface area (Å²) in [5.74, 6) is 0.859. The van der Waals surface area contributed by atoms with Crippen LogP contribution in [-0.4, -0.2) is 60.8 Å². The van der Waals surface area contributed by atoms with Gasteiger partial charge in [0.15, 0.2) is 5.96 Å². The summed E-state index contributed by atoms with van der Waals surface area (Å²) < 4.78 is 5.07. The average molecular weight is 509 g/mol. The van der Waals surface area contributed by atoms with Crippen LogP contribution in [0, 0.1) is 6.92 Å². The fraction of sp³-hybridized carbons (Fsp3) is 0.722. The van der Waals surface area contributed by atoms with E-state index in [1.807, 2.05) is 13.8 Å². The lowest BCUT2D eigenvalue weighted by Crippen LogP contribution is -2.49. The number of piperidine rings is 1. The molecule has 1 aliphatic heterocycles. The van der Waals surface area contributed by atoms with Gasteiger partial charge in [0.2, 0.25) is 0 Å². The first kappa shape index (κ1) is 23.9. The van der Waals surface area contributed by atoms with E-state index >= 15 is 0 Å². The summed E-state index contributed by atoms with van der Waals surface area (Å²) >= 11 is 1.72. The lowest BCUT2D eigenvalue weighted by molar-refractivity contribution is 0.0963. The Hall–Kier alpha value is -1.10. The van der Waals surface area contributed by atoms with Crippen molar-refractivity contribution < 1.29 is 9.53 Å². The highest BCUT2D eigenvalue weighted by molar-refractivity contribution is 14.0. The molecule has 154 valence electrons. The van der Waals surface area contributed by atoms with Crippen LogP contribution in [0.5, 0.6) is 0 Å². The number of hydrogen-bond donors (Lipinski definition) is 2. The Kier molecular flexibility index (Phi) is 11.7. The van der Waals surface area contributed by atoms with Crippen molar-refractivity contribution in [3.05, 3.63) is 16.1 Å². The lowest BCUT2D eigenvalue weighted by Gasteiger charge is -2.32. The van der Waals surface area contributed by atoms with Crippen LogP contribution in [0.15, 0.2) is 10.4 Å². The second-order valence-corrected chi connectivity index (χ2v) is 7.29. The number of carbonyl (C=O) groups is 1. The van der Waals surface area contributed by atoms with Crippen molar-refractivity contribution in [1.29, 1.82) is 0 Å². The van der Waals surface area contributed by atoms with E-state index in [2.05, 4.69) is 32.9 Å². The van der Waals surface area contributed by atoms with Crippen LogP contribution in [0.1, 0.15) is 43.8 Å². The summed E-state index contributed by atoms with van der Waals surface area (Å²) in [6, 6.07) is 0.333. The summed E-state index contributed by atoms with van der Waals surface area (Å²) in [7, 11) is 0. The molecule has 2 N–H and O–H groups in total. The molecule has 2 rings (SSSR count). The zero-order chi connectivity index (χ0) is 18.8. The highest BCUT2D eigenvalue weighted by Crippen LogP contribution is 2.12. The summed E-state index contributed by atoms with van der Waals surface area (Å²) in [4.78, 5) is 22.7. The highest BCUT2D eigenvalue weighted by Gasteiger charge is 2.23. The third-order valence-corrected chi connectivity index (χ3v) is 5.22. The summed E-state index contributed by atoms with van der Waals surface area (Å²) in [6.45, 7) is 9.40. The van der Waals surface area contributed by atoms with E-state index in [9.17, 15) is 4.79 Å². The highest BCUT2D eigenvalue weighted by atomic mass is 127. The molecule has 0 aliphatic carbocycles. The predicted molar refractivity (Wildman–Crippen MR) is 121 cm³/mol. The monoisotopic (exact) mass is 509 g/mol. The molecule has 0 unspecified atom stereocenters. The Balaban J connectivity index is 0.00000364. The molecule has 1 fully saturated rings. The molecule has 2 heterocycles. The zero-order valence-electron chi connectivity index (χ0n) is 16.5. The van der Waals surface area contributed by atoms with E-state index in [0.29, 0.717) is 12.6 Å². The van der Waals surface area contributed by atoms with Crippen LogP contribution in [0.2, 0.25) is 0 Å². The number of carbonyl (C=O) groups excluding carboxylic acids is 1. The first-order valence-electron chi connectivity index (χ1n) is 9.50. The number of aromatic nitrogens is 1. The van der Waals surface area contributed by atoms with Gasteiger partial charge in [-0.2, -0.15) is 0 Å². The summed E-state index contributed by atoms with van der Waals surface area (Å²) in [5, 5.41) is 10.1. The second-order valence-electron chi connectivity index (χ2n) is 6.35. The largest absolute Gasteiger partial charge is 0.450 e. The van der Waals surface area contributed by atoms with Crippen molar-refractivity contribution in [3.8, 4) is 0 Å². The number of guanidine groups is 1. The minimum Gasteiger partial charge on any atom is -0.450 e. The van der Waals surface area contributed by atoms with Gasteiger partial charge in [0.25, 0.3) is 0 Å². The molecule has 1 amide bonds. The number of aryl methyl sites for hydroxylation is 2. The van der Waals surface area contributed by atoms with Crippen molar-refractivity contribution in [2.24, 2.45) is 4.99 Å². The number of rotatable bonds is 7. The molecule has 1 aromatic heterocycles. The Morgan fingerprint density at radius 3 is 2.74 bits per heavy atom. The van der Waals surface area contributed by atoms with Crippen LogP contribution < -0.4 is 10.6 Å². The van der Waals surface area contributed by atoms with E-state index in [1.165, 1.54) is 5.01 Å². The third kappa shape index (κ3) is 8.63. The molecule has 1 aliphatic rings. The molecule has 9 heteroatoms. The van der Waals surface area contributed by atoms with Gasteiger partial charge in [-0.1, -0.05) is 0 Å². The summed E-state index contributed by atoms with van der Waals surface area (Å²) in [5.41, 5.74) is 1.10. The number of amides is 1. The van der Waals surface area contributed by atoms with E-state index in [1.54, 1.807) is 16.2 Å². The number of halogens is 1. The summed E-state index contributed by atoms with van der Waals surface area (Å²) in [6.07, 6.45) is 3.57. The number of thiazole rings is 1. The molecule has 0 radical (unpaired) electrons. The van der Waals surface area contributed by atoms with Crippen molar-refractivity contribution in [2.45, 2.75) is 52.5 Å². The van der Waals surface area contributed by atoms with Gasteiger partial charge in [-0.05, 0) is 40.0 Å². The topological polar surface area (TPSA) is 78.9 Å². The van der Waals surface area contributed by atoms with Crippen LogP contribution in [-0.2, 0) is 11.2 Å². The van der Waals surface area contributed by atoms with Gasteiger partial charge in [0, 0.05) is 49.7 Å². The van der Waals surface area contributed by atoms with E-state index < -0.39 is 0 Å². The molecule has 0 spiro atoms. The van der Waals surface area contributed by atoms with Gasteiger partial charge in [0.05, 0.1) is 11.6 Å². The lowest BCUT2D eigenvalue weighted by atomic mass is 10.1. The third-order valence-electron chi connectivity index (χ3n) is 4.19. The standard InChI is InChI=1S/C18H31N5O2S.HI/c1-4-19-17(20-10-6-7-16-21-14(3)13-26-16)22-15-8-11-23(12-9-15)18(24)25-5-2;/h13,15H,4-12H2,1-3H3,(H2,19,20,22);1H. The van der Waals surface area contributed by atoms with Crippen LogP contribution in [0.4, 0.5) is 4.79 Å². The molecule has 0 saturated carbocycles. The maximum absolute atomic E-state index is 11.8. The Bertz CT molecular complexity index is 588. The quantitative estimate of drug-likeness (QED) is 0.256. The maximum atomic E-state index is 11.8. The molecule has 1 aromatic rings. The molecule has 0 atom stereocenters. The van der Waals surface area contributed by atoms with Gasteiger partial charge >= 0.3 is 6.09 Å². The first-order chi connectivity index (χ1) is 12.6. The fourth-order valence-electron chi connectivity index (χ4n) is 2.87. The second kappa shape index (κ2) is 13.1. The average Bonchev–Trinajstić information content (AvgIpc) is 3.05. The molecule has 1 saturated heterocycles. The van der Waals surface area contributed by atoms with E-state index in [4.69, 9.17) is 4.74 Å². The van der Waals surface area contributed by atoms with Gasteiger partial charge in [-0.15, -0.1) is 35.3 Å². The molecule has 7 nitrogen and oxygen atoms in total. The van der Waals surface area contributed by atoms with Crippen LogP contribution in [0.25, 0.3) is 0 Å². The minimum atomic E-state index is -0.205. The number of ether oxygens (including phenoxy) is 1. The number of nitrogens with zero attached hydrogens (tertiary/aromatic N) is 3. The number of likely N-dealkylation sites (tertiary alicyclic amines) is 1. The van der Waals surface area contributed by atoms with Crippen LogP contribution in [0.3, 0.4) is 0 Å². The normalized spacial score (nSPS) is 15.2. The molecule has 0 aromatic carbocycles. The smallest absolute Gasteiger partial charge is 0.409 e. The Labute approximate surface area is 183 Å². The molecule has 0 bridgehead atoms. The fourth-order valence-corrected chi connectivity index (χ4v) is 3.69. The molecular weight excluding hydrogens is 477 g/mol. The Morgan fingerprint density at radius 1 is 1.41 bits per heavy atom. The van der Waals surface area contributed by atoms with Crippen molar-refractivity contribution in [1.82, 2.24) is 20.5 Å². The number of aliphatic imine (C=N–C) groups is 1. The SMILES string of the molecule is CCNC(=NCCCc1nc(C)cs1)NC1CCN(C(=O)OCC)CC1.I. The Morgan fingerprint density at radius 2 is 2.15 bits per heavy atom. The van der Waals surface area contributed by atoms with E-state index in [-0.39, 0.29) is 30.1 Å². The van der Waals surface area contributed by atoms with Gasteiger partial charge in [0.1, 0.15) is 0 Å². The maximum Gasteiger partial charge on any atom is 0.409 e. The van der Waals surface area contributed by atoms with E-state index in [0.717, 1.165) is 63.5 Å². The minimum absolute atomic E-state index is 0. The predicted octanol–water partition coefficient (Wildman–Crippen LogP) is 3.18. The van der Waals surface area contributed by atoms with Crippen molar-refractivity contribution in [3.63, 3.8) is 0 Å². The number of hydrogen-bond acceptors (Lipinski definition) is 5. The van der Waals surface area contributed by atoms with Crippen molar-refractivity contribution in [2.75, 3.05) is 32.8 Å². The van der Waals surface area contributed by atoms with Gasteiger partial charge < -0.3 is 20.3 Å². The van der Waals surface area contributed by atoms with Crippen molar-refractivity contribution >= 4 is 47.4 Å². The van der Waals surface area contributed by atoms with Gasteiger partial charge in [-0.3, -0.25) is 4.99 Å². The molecule has 27 heavy (non-hydrogen) atoms. The first-order valence-corrected chi connectivity index (χ1v) is 10.4. The zero-order valence-corrected chi connectivity index (χ0v) is 19.6. The molecular formula is C18H32IN5O2S. The van der Waals surface area contributed by atoms with Crippen LogP contribution >= 0.6 is 35.3 Å².